The van der Waals surface area contributed by atoms with E-state index in [2.05, 4.69) is 76.3 Å². The highest BCUT2D eigenvalue weighted by Crippen LogP contribution is 2.33. The maximum atomic E-state index is 11.5. The minimum atomic E-state index is -0.682. The van der Waals surface area contributed by atoms with Gasteiger partial charge in [0.1, 0.15) is 0 Å². The Kier molecular flexibility index (Phi) is 5.36. The van der Waals surface area contributed by atoms with Gasteiger partial charge in [-0.1, -0.05) is 57.9 Å². The molecule has 0 spiro atoms. The molecule has 3 rings (SSSR count). The number of rotatable bonds is 4. The van der Waals surface area contributed by atoms with Gasteiger partial charge in [-0.2, -0.15) is 0 Å². The topological polar surface area (TPSA) is 40.5 Å². The van der Waals surface area contributed by atoms with Crippen LogP contribution in [0.3, 0.4) is 0 Å². The van der Waals surface area contributed by atoms with Crippen LogP contribution in [0, 0.1) is 12.8 Å². The molecule has 3 nitrogen and oxygen atoms in total. The third-order valence-corrected chi connectivity index (χ3v) is 5.27. The van der Waals surface area contributed by atoms with Gasteiger partial charge in [0, 0.05) is 11.0 Å². The minimum absolute atomic E-state index is 0.0980. The van der Waals surface area contributed by atoms with Crippen molar-refractivity contribution in [3.05, 3.63) is 69.7 Å². The summed E-state index contributed by atoms with van der Waals surface area (Å²) in [4.78, 5) is 13.8. The van der Waals surface area contributed by atoms with E-state index in [9.17, 15) is 9.90 Å². The molecule has 4 heteroatoms. The van der Waals surface area contributed by atoms with Crippen molar-refractivity contribution in [1.29, 1.82) is 0 Å². The molecule has 1 aliphatic heterocycles. The van der Waals surface area contributed by atoms with E-state index in [-0.39, 0.29) is 12.0 Å². The fraction of sp³-hybridized carbons (Fsp3) is 0.350. The normalized spacial score (nSPS) is 19.8. The third kappa shape index (κ3) is 3.87. The Morgan fingerprint density at radius 1 is 1.12 bits per heavy atom. The predicted molar refractivity (Wildman–Crippen MR) is 99.1 cm³/mol. The van der Waals surface area contributed by atoms with Crippen LogP contribution in [0.2, 0.25) is 0 Å². The Labute approximate surface area is 151 Å². The van der Waals surface area contributed by atoms with Crippen molar-refractivity contribution in [3.8, 4) is 0 Å². The van der Waals surface area contributed by atoms with Gasteiger partial charge >= 0.3 is 5.97 Å². The van der Waals surface area contributed by atoms with Crippen molar-refractivity contribution in [2.75, 3.05) is 13.1 Å². The Bertz CT molecular complexity index is 651. The Morgan fingerprint density at radius 3 is 2.29 bits per heavy atom. The monoisotopic (exact) mass is 387 g/mol. The molecule has 1 N–H and O–H groups in total. The van der Waals surface area contributed by atoms with E-state index in [0.29, 0.717) is 6.54 Å². The van der Waals surface area contributed by atoms with Crippen LogP contribution in [0.1, 0.15) is 35.6 Å². The number of nitrogens with zero attached hydrogens (tertiary/aromatic N) is 1. The molecule has 0 amide bonds. The lowest BCUT2D eigenvalue weighted by Gasteiger charge is -2.37. The number of carboxylic acid groups (broad SMARTS) is 1. The standard InChI is InChI=1S/C20H22BrNO2/c1-14-4-6-15(7-5-14)19(16-8-10-18(21)11-9-16)22-12-2-3-17(13-22)20(23)24/h4-11,17,19H,2-3,12-13H2,1H3,(H,23,24). The van der Waals surface area contributed by atoms with Crippen LogP contribution in [-0.2, 0) is 4.79 Å². The van der Waals surface area contributed by atoms with E-state index in [4.69, 9.17) is 0 Å². The summed E-state index contributed by atoms with van der Waals surface area (Å²) in [6.07, 6.45) is 1.70. The number of hydrogen-bond donors (Lipinski definition) is 1. The number of hydrogen-bond acceptors (Lipinski definition) is 2. The maximum absolute atomic E-state index is 11.5. The number of likely N-dealkylation sites (tertiary alicyclic amines) is 1. The first-order chi connectivity index (χ1) is 11.5. The van der Waals surface area contributed by atoms with Gasteiger partial charge < -0.3 is 5.11 Å². The van der Waals surface area contributed by atoms with Crippen molar-refractivity contribution in [2.24, 2.45) is 5.92 Å². The van der Waals surface area contributed by atoms with E-state index in [1.54, 1.807) is 0 Å². The summed E-state index contributed by atoms with van der Waals surface area (Å²) in [5, 5.41) is 9.42. The molecule has 0 radical (unpaired) electrons. The SMILES string of the molecule is Cc1ccc(C(c2ccc(Br)cc2)N2CCCC(C(=O)O)C2)cc1. The first kappa shape index (κ1) is 17.2. The molecular formula is C20H22BrNO2. The minimum Gasteiger partial charge on any atom is -0.481 e. The van der Waals surface area contributed by atoms with Crippen molar-refractivity contribution >= 4 is 21.9 Å². The fourth-order valence-corrected chi connectivity index (χ4v) is 3.71. The molecule has 1 aliphatic rings. The highest BCUT2D eigenvalue weighted by atomic mass is 79.9. The average molecular weight is 388 g/mol. The lowest BCUT2D eigenvalue weighted by Crippen LogP contribution is -2.41. The van der Waals surface area contributed by atoms with Gasteiger partial charge in [0.25, 0.3) is 0 Å². The van der Waals surface area contributed by atoms with Crippen LogP contribution in [0.25, 0.3) is 0 Å². The second kappa shape index (κ2) is 7.49. The lowest BCUT2D eigenvalue weighted by molar-refractivity contribution is -0.143. The van der Waals surface area contributed by atoms with Gasteiger partial charge in [0.05, 0.1) is 12.0 Å². The van der Waals surface area contributed by atoms with E-state index < -0.39 is 5.97 Å². The van der Waals surface area contributed by atoms with Crippen molar-refractivity contribution in [1.82, 2.24) is 4.90 Å². The first-order valence-corrected chi connectivity index (χ1v) is 9.13. The highest BCUT2D eigenvalue weighted by Gasteiger charge is 2.31. The Morgan fingerprint density at radius 2 is 1.71 bits per heavy atom. The third-order valence-electron chi connectivity index (χ3n) is 4.75. The molecule has 2 unspecified atom stereocenters. The Balaban J connectivity index is 1.96. The van der Waals surface area contributed by atoms with Crippen LogP contribution >= 0.6 is 15.9 Å². The molecule has 24 heavy (non-hydrogen) atoms. The highest BCUT2D eigenvalue weighted by molar-refractivity contribution is 9.10. The van der Waals surface area contributed by atoms with Crippen LogP contribution in [0.15, 0.2) is 53.0 Å². The summed E-state index contributed by atoms with van der Waals surface area (Å²) in [5.41, 5.74) is 3.65. The van der Waals surface area contributed by atoms with Crippen LogP contribution < -0.4 is 0 Å². The molecule has 1 fully saturated rings. The molecule has 2 atom stereocenters. The van der Waals surface area contributed by atoms with Gasteiger partial charge in [-0.3, -0.25) is 9.69 Å². The molecule has 0 aromatic heterocycles. The number of carbonyl (C=O) groups is 1. The van der Waals surface area contributed by atoms with E-state index >= 15 is 0 Å². The molecule has 0 bridgehead atoms. The summed E-state index contributed by atoms with van der Waals surface area (Å²) in [6, 6.07) is 17.0. The summed E-state index contributed by atoms with van der Waals surface area (Å²) in [7, 11) is 0. The number of aryl methyl sites for hydroxylation is 1. The smallest absolute Gasteiger partial charge is 0.307 e. The van der Waals surface area contributed by atoms with Crippen LogP contribution in [-0.4, -0.2) is 29.1 Å². The quantitative estimate of drug-likeness (QED) is 0.830. The Hall–Kier alpha value is -1.65. The average Bonchev–Trinajstić information content (AvgIpc) is 2.59. The lowest BCUT2D eigenvalue weighted by atomic mass is 9.91. The van der Waals surface area contributed by atoms with Crippen LogP contribution in [0.5, 0.6) is 0 Å². The summed E-state index contributed by atoms with van der Waals surface area (Å²) < 4.78 is 1.05. The van der Waals surface area contributed by atoms with Gasteiger partial charge in [-0.15, -0.1) is 0 Å². The molecule has 2 aromatic carbocycles. The molecule has 2 aromatic rings. The second-order valence-electron chi connectivity index (χ2n) is 6.54. The number of piperidine rings is 1. The van der Waals surface area contributed by atoms with Crippen molar-refractivity contribution in [3.63, 3.8) is 0 Å². The van der Waals surface area contributed by atoms with Crippen LogP contribution in [0.4, 0.5) is 0 Å². The van der Waals surface area contributed by atoms with Gasteiger partial charge in [-0.05, 0) is 49.6 Å². The largest absolute Gasteiger partial charge is 0.481 e. The van der Waals surface area contributed by atoms with Crippen molar-refractivity contribution < 1.29 is 9.90 Å². The molecule has 0 saturated carbocycles. The predicted octanol–water partition coefficient (Wildman–Crippen LogP) is 4.64. The fourth-order valence-electron chi connectivity index (χ4n) is 3.45. The number of benzene rings is 2. The zero-order chi connectivity index (χ0) is 17.1. The molecule has 0 aliphatic carbocycles. The zero-order valence-electron chi connectivity index (χ0n) is 13.8. The first-order valence-electron chi connectivity index (χ1n) is 8.33. The van der Waals surface area contributed by atoms with Gasteiger partial charge in [0.15, 0.2) is 0 Å². The second-order valence-corrected chi connectivity index (χ2v) is 7.45. The maximum Gasteiger partial charge on any atom is 0.307 e. The molecule has 1 saturated heterocycles. The molecule has 126 valence electrons. The van der Waals surface area contributed by atoms with E-state index in [0.717, 1.165) is 23.9 Å². The zero-order valence-corrected chi connectivity index (χ0v) is 15.4. The molecule has 1 heterocycles. The number of aliphatic carboxylic acids is 1. The summed E-state index contributed by atoms with van der Waals surface area (Å²) in [5.74, 6) is -0.958. The molecular weight excluding hydrogens is 366 g/mol. The van der Waals surface area contributed by atoms with E-state index in [1.807, 2.05) is 0 Å². The van der Waals surface area contributed by atoms with Gasteiger partial charge in [-0.25, -0.2) is 0 Å². The van der Waals surface area contributed by atoms with Gasteiger partial charge in [0.2, 0.25) is 0 Å². The summed E-state index contributed by atoms with van der Waals surface area (Å²) >= 11 is 3.49. The van der Waals surface area contributed by atoms with Crippen molar-refractivity contribution in [2.45, 2.75) is 25.8 Å². The summed E-state index contributed by atoms with van der Waals surface area (Å²) in [6.45, 7) is 3.61. The number of carboxylic acids is 1. The van der Waals surface area contributed by atoms with E-state index in [1.165, 1.54) is 16.7 Å². The number of halogens is 1.